The van der Waals surface area contributed by atoms with Gasteiger partial charge in [-0.25, -0.2) is 0 Å². The Morgan fingerprint density at radius 1 is 1.40 bits per heavy atom. The van der Waals surface area contributed by atoms with E-state index in [-0.39, 0.29) is 6.61 Å². The van der Waals surface area contributed by atoms with Crippen LogP contribution in [0.4, 0.5) is 0 Å². The minimum absolute atomic E-state index is 0.268. The number of hydrogen-bond donors (Lipinski definition) is 1. The summed E-state index contributed by atoms with van der Waals surface area (Å²) in [5, 5.41) is 7.01. The summed E-state index contributed by atoms with van der Waals surface area (Å²) in [5.41, 5.74) is 1.05. The Hall–Kier alpha value is -1.44. The standard InChI is InChI=1S/C13H16BrN3O3/c1-18-6-5-15-7-10-3-2-4-11(14)13(10)19-8-12-16-9-20-17-12/h2-4,9,15H,5-8H2,1H3. The molecular weight excluding hydrogens is 326 g/mol. The fraction of sp³-hybridized carbons (Fsp3) is 0.385. The van der Waals surface area contributed by atoms with Crippen LogP contribution in [0, 0.1) is 0 Å². The molecular formula is C13H16BrN3O3. The highest BCUT2D eigenvalue weighted by Crippen LogP contribution is 2.29. The quantitative estimate of drug-likeness (QED) is 0.742. The molecule has 0 saturated carbocycles. The van der Waals surface area contributed by atoms with Crippen LogP contribution in [-0.4, -0.2) is 30.4 Å². The molecule has 0 saturated heterocycles. The summed E-state index contributed by atoms with van der Waals surface area (Å²) in [6, 6.07) is 5.92. The van der Waals surface area contributed by atoms with Crippen molar-refractivity contribution in [2.45, 2.75) is 13.2 Å². The van der Waals surface area contributed by atoms with Crippen molar-refractivity contribution in [2.24, 2.45) is 0 Å². The van der Waals surface area contributed by atoms with Gasteiger partial charge in [-0.15, -0.1) is 0 Å². The minimum Gasteiger partial charge on any atom is -0.484 e. The molecule has 0 spiro atoms. The van der Waals surface area contributed by atoms with Crippen LogP contribution in [0.3, 0.4) is 0 Å². The average molecular weight is 342 g/mol. The lowest BCUT2D eigenvalue weighted by atomic mass is 10.2. The second kappa shape index (κ2) is 7.98. The number of hydrogen-bond acceptors (Lipinski definition) is 6. The van der Waals surface area contributed by atoms with Gasteiger partial charge < -0.3 is 19.3 Å². The van der Waals surface area contributed by atoms with Gasteiger partial charge in [0.2, 0.25) is 12.2 Å². The number of nitrogens with zero attached hydrogens (tertiary/aromatic N) is 2. The van der Waals surface area contributed by atoms with Crippen molar-refractivity contribution in [2.75, 3.05) is 20.3 Å². The normalized spacial score (nSPS) is 10.7. The molecule has 108 valence electrons. The largest absolute Gasteiger partial charge is 0.484 e. The monoisotopic (exact) mass is 341 g/mol. The van der Waals surface area contributed by atoms with Gasteiger partial charge in [0, 0.05) is 25.8 Å². The molecule has 6 nitrogen and oxygen atoms in total. The summed E-state index contributed by atoms with van der Waals surface area (Å²) in [6.07, 6.45) is 1.28. The summed E-state index contributed by atoms with van der Waals surface area (Å²) in [5.74, 6) is 1.29. The highest BCUT2D eigenvalue weighted by molar-refractivity contribution is 9.10. The first-order valence-corrected chi connectivity index (χ1v) is 6.95. The van der Waals surface area contributed by atoms with Gasteiger partial charge >= 0.3 is 0 Å². The van der Waals surface area contributed by atoms with Crippen molar-refractivity contribution < 1.29 is 14.0 Å². The molecule has 0 atom stereocenters. The Kier molecular flexibility index (Phi) is 5.97. The first kappa shape index (κ1) is 15.0. The Bertz CT molecular complexity index is 520. The van der Waals surface area contributed by atoms with Gasteiger partial charge in [0.1, 0.15) is 5.75 Å². The molecule has 0 unspecified atom stereocenters. The Morgan fingerprint density at radius 2 is 2.30 bits per heavy atom. The van der Waals surface area contributed by atoms with E-state index in [1.54, 1.807) is 7.11 Å². The van der Waals surface area contributed by atoms with Crippen LogP contribution in [0.25, 0.3) is 0 Å². The summed E-state index contributed by atoms with van der Waals surface area (Å²) in [7, 11) is 1.68. The van der Waals surface area contributed by atoms with Crippen LogP contribution >= 0.6 is 15.9 Å². The number of benzene rings is 1. The Labute approximate surface area is 125 Å². The zero-order chi connectivity index (χ0) is 14.2. The maximum atomic E-state index is 5.77. The molecule has 0 radical (unpaired) electrons. The van der Waals surface area contributed by atoms with E-state index < -0.39 is 0 Å². The smallest absolute Gasteiger partial charge is 0.213 e. The first-order chi connectivity index (χ1) is 9.81. The number of para-hydroxylation sites is 1. The lowest BCUT2D eigenvalue weighted by molar-refractivity contribution is 0.199. The summed E-state index contributed by atoms with van der Waals surface area (Å²) in [6.45, 7) is 2.43. The van der Waals surface area contributed by atoms with E-state index in [2.05, 4.69) is 35.9 Å². The molecule has 0 amide bonds. The molecule has 1 aromatic carbocycles. The molecule has 0 aliphatic heterocycles. The van der Waals surface area contributed by atoms with Crippen LogP contribution in [0.2, 0.25) is 0 Å². The molecule has 2 aromatic rings. The van der Waals surface area contributed by atoms with E-state index >= 15 is 0 Å². The topological polar surface area (TPSA) is 69.4 Å². The molecule has 20 heavy (non-hydrogen) atoms. The van der Waals surface area contributed by atoms with Gasteiger partial charge in [-0.1, -0.05) is 17.3 Å². The minimum atomic E-state index is 0.268. The van der Waals surface area contributed by atoms with Gasteiger partial charge in [-0.2, -0.15) is 4.98 Å². The van der Waals surface area contributed by atoms with Gasteiger partial charge in [0.05, 0.1) is 11.1 Å². The fourth-order valence-electron chi connectivity index (χ4n) is 1.64. The summed E-state index contributed by atoms with van der Waals surface area (Å²) >= 11 is 3.49. The van der Waals surface area contributed by atoms with Crippen LogP contribution < -0.4 is 10.1 Å². The molecule has 0 bridgehead atoms. The van der Waals surface area contributed by atoms with Gasteiger partial charge in [-0.05, 0) is 22.0 Å². The molecule has 2 rings (SSSR count). The average Bonchev–Trinajstić information content (AvgIpc) is 2.96. The van der Waals surface area contributed by atoms with Crippen molar-refractivity contribution in [3.63, 3.8) is 0 Å². The summed E-state index contributed by atoms with van der Waals surface area (Å²) < 4.78 is 16.3. The Morgan fingerprint density at radius 3 is 3.05 bits per heavy atom. The van der Waals surface area contributed by atoms with Gasteiger partial charge in [-0.3, -0.25) is 0 Å². The van der Waals surface area contributed by atoms with Gasteiger partial charge in [0.15, 0.2) is 6.61 Å². The first-order valence-electron chi connectivity index (χ1n) is 6.16. The highest BCUT2D eigenvalue weighted by atomic mass is 79.9. The van der Waals surface area contributed by atoms with Gasteiger partial charge in [0.25, 0.3) is 0 Å². The maximum Gasteiger partial charge on any atom is 0.213 e. The van der Waals surface area contributed by atoms with E-state index in [1.807, 2.05) is 18.2 Å². The van der Waals surface area contributed by atoms with Crippen molar-refractivity contribution in [1.82, 2.24) is 15.5 Å². The third-order valence-corrected chi connectivity index (χ3v) is 3.22. The SMILES string of the molecule is COCCNCc1cccc(Br)c1OCc1ncon1. The third kappa shape index (κ3) is 4.29. The van der Waals surface area contributed by atoms with Crippen molar-refractivity contribution in [1.29, 1.82) is 0 Å². The second-order valence-corrected chi connectivity index (χ2v) is 4.89. The van der Waals surface area contributed by atoms with E-state index in [1.165, 1.54) is 6.39 Å². The zero-order valence-corrected chi connectivity index (χ0v) is 12.7. The molecule has 0 fully saturated rings. The zero-order valence-electron chi connectivity index (χ0n) is 11.1. The molecule has 0 aliphatic carbocycles. The van der Waals surface area contributed by atoms with Crippen molar-refractivity contribution in [3.05, 3.63) is 40.5 Å². The molecule has 1 aromatic heterocycles. The second-order valence-electron chi connectivity index (χ2n) is 4.03. The predicted molar refractivity (Wildman–Crippen MR) is 76.4 cm³/mol. The van der Waals surface area contributed by atoms with E-state index in [4.69, 9.17) is 9.47 Å². The molecule has 7 heteroatoms. The predicted octanol–water partition coefficient (Wildman–Crippen LogP) is 2.15. The Balaban J connectivity index is 1.98. The third-order valence-electron chi connectivity index (χ3n) is 2.60. The van der Waals surface area contributed by atoms with Crippen molar-refractivity contribution in [3.8, 4) is 5.75 Å². The lowest BCUT2D eigenvalue weighted by Gasteiger charge is -2.12. The molecule has 1 N–H and O–H groups in total. The number of rotatable bonds is 8. The van der Waals surface area contributed by atoms with Crippen LogP contribution in [0.15, 0.2) is 33.6 Å². The summed E-state index contributed by atoms with van der Waals surface area (Å²) in [4.78, 5) is 3.93. The van der Waals surface area contributed by atoms with Crippen LogP contribution in [-0.2, 0) is 17.9 Å². The van der Waals surface area contributed by atoms with E-state index in [9.17, 15) is 0 Å². The maximum absolute atomic E-state index is 5.77. The van der Waals surface area contributed by atoms with Crippen molar-refractivity contribution >= 4 is 15.9 Å². The molecule has 0 aliphatic rings. The number of nitrogens with one attached hydrogen (secondary N) is 1. The van der Waals surface area contributed by atoms with Crippen LogP contribution in [0.1, 0.15) is 11.4 Å². The highest BCUT2D eigenvalue weighted by Gasteiger charge is 2.09. The fourth-order valence-corrected chi connectivity index (χ4v) is 2.17. The van der Waals surface area contributed by atoms with E-state index in [0.717, 1.165) is 22.3 Å². The molecule has 1 heterocycles. The van der Waals surface area contributed by atoms with E-state index in [0.29, 0.717) is 19.0 Å². The number of halogens is 1. The number of methoxy groups -OCH3 is 1. The number of ether oxygens (including phenoxy) is 2. The number of aromatic nitrogens is 2. The lowest BCUT2D eigenvalue weighted by Crippen LogP contribution is -2.19. The van der Waals surface area contributed by atoms with Crippen LogP contribution in [0.5, 0.6) is 5.75 Å².